The van der Waals surface area contributed by atoms with E-state index in [1.807, 2.05) is 4.90 Å². The third-order valence-corrected chi connectivity index (χ3v) is 5.84. The fraction of sp³-hybridized carbons (Fsp3) is 0.533. The van der Waals surface area contributed by atoms with Crippen LogP contribution in [0.5, 0.6) is 0 Å². The average molecular weight is 353 g/mol. The lowest BCUT2D eigenvalue weighted by Gasteiger charge is -2.32. The molecule has 6 heteroatoms. The van der Waals surface area contributed by atoms with Crippen molar-refractivity contribution < 1.29 is 9.72 Å². The molecule has 5 nitrogen and oxygen atoms in total. The Morgan fingerprint density at radius 1 is 1.33 bits per heavy atom. The number of benzene rings is 1. The molecule has 2 aliphatic rings. The topological polar surface area (TPSA) is 63.4 Å². The molecule has 1 aliphatic heterocycles. The Morgan fingerprint density at radius 2 is 2.05 bits per heavy atom. The number of nitro benzene ring substituents is 1. The average Bonchev–Trinajstić information content (AvgIpc) is 3.05. The summed E-state index contributed by atoms with van der Waals surface area (Å²) in [5, 5.41) is 11.7. The zero-order valence-corrected chi connectivity index (χ0v) is 13.3. The van der Waals surface area contributed by atoms with Gasteiger partial charge in [0.1, 0.15) is 0 Å². The fourth-order valence-corrected chi connectivity index (χ4v) is 4.19. The molecule has 0 unspecified atom stereocenters. The molecule has 1 fully saturated rings. The second-order valence-corrected chi connectivity index (χ2v) is 6.63. The normalized spacial score (nSPS) is 19.9. The number of halogens is 1. The zero-order chi connectivity index (χ0) is 15.0. The minimum atomic E-state index is -0.412. The monoisotopic (exact) mass is 352 g/mol. The standard InChI is InChI=1S/C15H17BrN2O3/c16-9-15(5-1-2-6-15)10-17-13-4-3-12(18(20)21)7-11(13)8-14(17)19/h3-4,7H,1-2,5-6,8-10H2. The minimum Gasteiger partial charge on any atom is -0.311 e. The number of hydrogen-bond donors (Lipinski definition) is 0. The quantitative estimate of drug-likeness (QED) is 0.473. The lowest BCUT2D eigenvalue weighted by molar-refractivity contribution is -0.384. The smallest absolute Gasteiger partial charge is 0.269 e. The van der Waals surface area contributed by atoms with E-state index in [4.69, 9.17) is 0 Å². The minimum absolute atomic E-state index is 0.0534. The van der Waals surface area contributed by atoms with Gasteiger partial charge in [-0.05, 0) is 29.9 Å². The number of amides is 1. The van der Waals surface area contributed by atoms with Crippen LogP contribution in [0.2, 0.25) is 0 Å². The second-order valence-electron chi connectivity index (χ2n) is 6.07. The molecule has 112 valence electrons. The molecule has 1 saturated carbocycles. The fourth-order valence-electron chi connectivity index (χ4n) is 3.45. The third kappa shape index (κ3) is 2.57. The number of carbonyl (C=O) groups is 1. The van der Waals surface area contributed by atoms with Crippen LogP contribution in [-0.4, -0.2) is 22.7 Å². The van der Waals surface area contributed by atoms with Gasteiger partial charge in [0.2, 0.25) is 5.91 Å². The number of anilines is 1. The van der Waals surface area contributed by atoms with Crippen LogP contribution in [0, 0.1) is 15.5 Å². The van der Waals surface area contributed by atoms with E-state index in [-0.39, 0.29) is 23.4 Å². The van der Waals surface area contributed by atoms with Crippen LogP contribution >= 0.6 is 15.9 Å². The molecule has 0 saturated heterocycles. The van der Waals surface area contributed by atoms with Crippen LogP contribution in [0.15, 0.2) is 18.2 Å². The molecule has 0 radical (unpaired) electrons. The Morgan fingerprint density at radius 3 is 2.67 bits per heavy atom. The van der Waals surface area contributed by atoms with Crippen molar-refractivity contribution in [3.8, 4) is 0 Å². The summed E-state index contributed by atoms with van der Waals surface area (Å²) in [7, 11) is 0. The highest BCUT2D eigenvalue weighted by molar-refractivity contribution is 9.09. The molecular formula is C15H17BrN2O3. The van der Waals surface area contributed by atoms with Crippen molar-refractivity contribution in [3.63, 3.8) is 0 Å². The number of non-ortho nitro benzene ring substituents is 1. The predicted octanol–water partition coefficient (Wildman–Crippen LogP) is 3.44. The molecule has 0 spiro atoms. The maximum atomic E-state index is 12.3. The van der Waals surface area contributed by atoms with E-state index < -0.39 is 4.92 Å². The molecule has 0 bridgehead atoms. The maximum Gasteiger partial charge on any atom is 0.269 e. The van der Waals surface area contributed by atoms with Crippen molar-refractivity contribution >= 4 is 33.2 Å². The van der Waals surface area contributed by atoms with E-state index >= 15 is 0 Å². The molecule has 1 aliphatic carbocycles. The van der Waals surface area contributed by atoms with Gasteiger partial charge in [-0.1, -0.05) is 28.8 Å². The molecule has 1 amide bonds. The largest absolute Gasteiger partial charge is 0.311 e. The number of rotatable bonds is 4. The van der Waals surface area contributed by atoms with Crippen LogP contribution in [-0.2, 0) is 11.2 Å². The molecule has 0 N–H and O–H groups in total. The number of hydrogen-bond acceptors (Lipinski definition) is 3. The molecular weight excluding hydrogens is 336 g/mol. The summed E-state index contributed by atoms with van der Waals surface area (Å²) in [6.45, 7) is 0.710. The number of fused-ring (bicyclic) bond motifs is 1. The number of alkyl halides is 1. The molecule has 1 heterocycles. The van der Waals surface area contributed by atoms with Crippen LogP contribution in [0.3, 0.4) is 0 Å². The van der Waals surface area contributed by atoms with E-state index in [0.29, 0.717) is 6.54 Å². The SMILES string of the molecule is O=C1Cc2cc([N+](=O)[O-])ccc2N1CC1(CBr)CCCC1. The summed E-state index contributed by atoms with van der Waals surface area (Å²) in [6, 6.07) is 4.73. The van der Waals surface area contributed by atoms with Crippen molar-refractivity contribution in [1.82, 2.24) is 0 Å². The summed E-state index contributed by atoms with van der Waals surface area (Å²) < 4.78 is 0. The summed E-state index contributed by atoms with van der Waals surface area (Å²) in [5.74, 6) is 0.0534. The maximum absolute atomic E-state index is 12.3. The first kappa shape index (κ1) is 14.5. The van der Waals surface area contributed by atoms with E-state index in [1.54, 1.807) is 6.07 Å². The van der Waals surface area contributed by atoms with Gasteiger partial charge in [0, 0.05) is 29.7 Å². The van der Waals surface area contributed by atoms with Crippen molar-refractivity contribution in [1.29, 1.82) is 0 Å². The highest BCUT2D eigenvalue weighted by atomic mass is 79.9. The predicted molar refractivity (Wildman–Crippen MR) is 83.8 cm³/mol. The van der Waals surface area contributed by atoms with Crippen molar-refractivity contribution in [2.45, 2.75) is 32.1 Å². The zero-order valence-electron chi connectivity index (χ0n) is 11.7. The van der Waals surface area contributed by atoms with Crippen LogP contribution in [0.4, 0.5) is 11.4 Å². The Bertz CT molecular complexity index is 597. The first-order chi connectivity index (χ1) is 10.0. The van der Waals surface area contributed by atoms with Gasteiger partial charge in [-0.3, -0.25) is 14.9 Å². The third-order valence-electron chi connectivity index (χ3n) is 4.65. The summed E-state index contributed by atoms with van der Waals surface area (Å²) in [6.07, 6.45) is 4.95. The number of nitrogens with zero attached hydrogens (tertiary/aromatic N) is 2. The van der Waals surface area contributed by atoms with Gasteiger partial charge in [-0.25, -0.2) is 0 Å². The van der Waals surface area contributed by atoms with E-state index in [2.05, 4.69) is 15.9 Å². The summed E-state index contributed by atoms with van der Waals surface area (Å²) >= 11 is 3.60. The highest BCUT2D eigenvalue weighted by Gasteiger charge is 2.39. The van der Waals surface area contributed by atoms with Gasteiger partial charge < -0.3 is 4.90 Å². The van der Waals surface area contributed by atoms with Crippen LogP contribution in [0.1, 0.15) is 31.2 Å². The van der Waals surface area contributed by atoms with Crippen LogP contribution in [0.25, 0.3) is 0 Å². The molecule has 1 aromatic carbocycles. The Hall–Kier alpha value is -1.43. The second kappa shape index (κ2) is 5.40. The lowest BCUT2D eigenvalue weighted by atomic mass is 9.88. The Kier molecular flexibility index (Phi) is 3.73. The van der Waals surface area contributed by atoms with Gasteiger partial charge in [-0.2, -0.15) is 0 Å². The summed E-state index contributed by atoms with van der Waals surface area (Å²) in [4.78, 5) is 24.6. The number of nitro groups is 1. The first-order valence-electron chi connectivity index (χ1n) is 7.18. The van der Waals surface area contributed by atoms with E-state index in [9.17, 15) is 14.9 Å². The molecule has 0 atom stereocenters. The Labute approximate surface area is 131 Å². The summed E-state index contributed by atoms with van der Waals surface area (Å²) in [5.41, 5.74) is 1.83. The van der Waals surface area contributed by atoms with Gasteiger partial charge in [0.15, 0.2) is 0 Å². The van der Waals surface area contributed by atoms with Crippen molar-refractivity contribution in [2.75, 3.05) is 16.8 Å². The van der Waals surface area contributed by atoms with Crippen molar-refractivity contribution in [3.05, 3.63) is 33.9 Å². The molecule has 1 aromatic rings. The molecule has 0 aromatic heterocycles. The van der Waals surface area contributed by atoms with Gasteiger partial charge in [0.25, 0.3) is 5.69 Å². The van der Waals surface area contributed by atoms with Gasteiger partial charge >= 0.3 is 0 Å². The molecule has 21 heavy (non-hydrogen) atoms. The highest BCUT2D eigenvalue weighted by Crippen LogP contribution is 2.43. The van der Waals surface area contributed by atoms with Crippen LogP contribution < -0.4 is 4.90 Å². The van der Waals surface area contributed by atoms with Gasteiger partial charge in [-0.15, -0.1) is 0 Å². The van der Waals surface area contributed by atoms with E-state index in [0.717, 1.165) is 29.4 Å². The molecule has 3 rings (SSSR count). The lowest BCUT2D eigenvalue weighted by Crippen LogP contribution is -2.39. The Balaban J connectivity index is 1.88. The number of carbonyl (C=O) groups excluding carboxylic acids is 1. The van der Waals surface area contributed by atoms with Crippen molar-refractivity contribution in [2.24, 2.45) is 5.41 Å². The van der Waals surface area contributed by atoms with E-state index in [1.165, 1.54) is 25.0 Å². The van der Waals surface area contributed by atoms with Gasteiger partial charge in [0.05, 0.1) is 11.3 Å². The first-order valence-corrected chi connectivity index (χ1v) is 8.30.